The maximum Gasteiger partial charge on any atom is 0.345 e. The van der Waals surface area contributed by atoms with Gasteiger partial charge >= 0.3 is 6.61 Å². The first-order valence-electron chi connectivity index (χ1n) is 11.3. The lowest BCUT2D eigenvalue weighted by Gasteiger charge is -2.32. The van der Waals surface area contributed by atoms with E-state index in [0.29, 0.717) is 12.8 Å². The number of benzene rings is 2. The van der Waals surface area contributed by atoms with E-state index in [-0.39, 0.29) is 12.3 Å². The highest BCUT2D eigenvalue weighted by Gasteiger charge is 2.34. The molecule has 1 fully saturated rings. The van der Waals surface area contributed by atoms with Crippen LogP contribution < -0.4 is 0 Å². The first-order chi connectivity index (χ1) is 14.6. The lowest BCUT2D eigenvalue weighted by molar-refractivity contribution is -0.186. The highest BCUT2D eigenvalue weighted by molar-refractivity contribution is 5.68. The van der Waals surface area contributed by atoms with Gasteiger partial charge in [0.25, 0.3) is 0 Å². The van der Waals surface area contributed by atoms with Gasteiger partial charge in [-0.25, -0.2) is 4.39 Å². The Bertz CT molecular complexity index is 759. The van der Waals surface area contributed by atoms with Crippen LogP contribution in [0.3, 0.4) is 0 Å². The average Bonchev–Trinajstić information content (AvgIpc) is 2.75. The molecule has 3 atom stereocenters. The summed E-state index contributed by atoms with van der Waals surface area (Å²) >= 11 is 0. The van der Waals surface area contributed by atoms with Gasteiger partial charge in [-0.05, 0) is 60.3 Å². The third kappa shape index (κ3) is 6.34. The van der Waals surface area contributed by atoms with Crippen LogP contribution in [0.2, 0.25) is 0 Å². The van der Waals surface area contributed by atoms with Crippen molar-refractivity contribution in [2.45, 2.75) is 89.5 Å². The van der Waals surface area contributed by atoms with Gasteiger partial charge in [-0.1, -0.05) is 81.1 Å². The fourth-order valence-corrected chi connectivity index (χ4v) is 4.56. The Balaban J connectivity index is 1.65. The quantitative estimate of drug-likeness (QED) is 0.354. The molecule has 0 spiro atoms. The molecular formula is C26H33F3O. The molecule has 0 saturated heterocycles. The lowest BCUT2D eigenvalue weighted by Crippen LogP contribution is -2.33. The fourth-order valence-electron chi connectivity index (χ4n) is 4.56. The molecule has 0 amide bonds. The van der Waals surface area contributed by atoms with E-state index in [1.165, 1.54) is 37.7 Å². The molecule has 4 heteroatoms. The van der Waals surface area contributed by atoms with E-state index in [4.69, 9.17) is 0 Å². The molecule has 1 aliphatic rings. The average molecular weight is 419 g/mol. The number of ether oxygens (including phenoxy) is 1. The number of aryl methyl sites for hydroxylation is 1. The van der Waals surface area contributed by atoms with Crippen molar-refractivity contribution in [3.63, 3.8) is 0 Å². The summed E-state index contributed by atoms with van der Waals surface area (Å²) in [5.41, 5.74) is 4.68. The van der Waals surface area contributed by atoms with Gasteiger partial charge in [0, 0.05) is 0 Å². The SMILES string of the molecule is CCCCCCCc1ccc(-c2ccccc2C2CCC(OC(F)F)C(F)C2)cc1. The van der Waals surface area contributed by atoms with E-state index in [1.54, 1.807) is 0 Å². The van der Waals surface area contributed by atoms with E-state index in [9.17, 15) is 13.2 Å². The van der Waals surface area contributed by atoms with Gasteiger partial charge in [-0.3, -0.25) is 0 Å². The Hall–Kier alpha value is -1.81. The molecule has 1 aliphatic carbocycles. The maximum atomic E-state index is 14.5. The van der Waals surface area contributed by atoms with Crippen molar-refractivity contribution < 1.29 is 17.9 Å². The summed E-state index contributed by atoms with van der Waals surface area (Å²) in [7, 11) is 0. The highest BCUT2D eigenvalue weighted by Crippen LogP contribution is 2.40. The maximum absolute atomic E-state index is 14.5. The van der Waals surface area contributed by atoms with Gasteiger partial charge < -0.3 is 4.74 Å². The fraction of sp³-hybridized carbons (Fsp3) is 0.538. The molecular weight excluding hydrogens is 385 g/mol. The van der Waals surface area contributed by atoms with Crippen LogP contribution in [-0.4, -0.2) is 18.9 Å². The molecule has 0 bridgehead atoms. The Morgan fingerprint density at radius 1 is 0.933 bits per heavy atom. The van der Waals surface area contributed by atoms with Crippen LogP contribution in [0.5, 0.6) is 0 Å². The number of unbranched alkanes of at least 4 members (excludes halogenated alkanes) is 4. The predicted octanol–water partition coefficient (Wildman–Crippen LogP) is 8.08. The standard InChI is InChI=1S/C26H33F3O/c1-2-3-4-5-6-9-19-12-14-20(15-13-19)22-10-7-8-11-23(22)21-16-17-25(24(27)18-21)30-26(28)29/h7-8,10-15,21,24-26H,2-6,9,16-18H2,1H3. The van der Waals surface area contributed by atoms with Crippen LogP contribution in [-0.2, 0) is 11.2 Å². The van der Waals surface area contributed by atoms with Crippen molar-refractivity contribution in [1.82, 2.24) is 0 Å². The van der Waals surface area contributed by atoms with Crippen LogP contribution >= 0.6 is 0 Å². The monoisotopic (exact) mass is 418 g/mol. The van der Waals surface area contributed by atoms with Gasteiger partial charge in [0.05, 0.1) is 6.10 Å². The molecule has 164 valence electrons. The Morgan fingerprint density at radius 3 is 2.37 bits per heavy atom. The zero-order valence-electron chi connectivity index (χ0n) is 17.8. The molecule has 0 N–H and O–H groups in total. The summed E-state index contributed by atoms with van der Waals surface area (Å²) in [5.74, 6) is 0.0203. The number of alkyl halides is 3. The molecule has 2 aromatic carbocycles. The number of rotatable bonds is 10. The molecule has 3 unspecified atom stereocenters. The summed E-state index contributed by atoms with van der Waals surface area (Å²) in [6.07, 6.45) is 6.33. The topological polar surface area (TPSA) is 9.23 Å². The van der Waals surface area contributed by atoms with Gasteiger partial charge in [-0.15, -0.1) is 0 Å². The van der Waals surface area contributed by atoms with Crippen LogP contribution in [0, 0.1) is 0 Å². The van der Waals surface area contributed by atoms with Crippen molar-refractivity contribution in [2.24, 2.45) is 0 Å². The zero-order valence-corrected chi connectivity index (χ0v) is 17.8. The van der Waals surface area contributed by atoms with Crippen molar-refractivity contribution in [2.75, 3.05) is 0 Å². The van der Waals surface area contributed by atoms with E-state index >= 15 is 0 Å². The molecule has 30 heavy (non-hydrogen) atoms. The number of halogens is 3. The van der Waals surface area contributed by atoms with E-state index in [0.717, 1.165) is 23.1 Å². The number of hydrogen-bond acceptors (Lipinski definition) is 1. The van der Waals surface area contributed by atoms with Crippen LogP contribution in [0.15, 0.2) is 48.5 Å². The molecule has 0 radical (unpaired) electrons. The van der Waals surface area contributed by atoms with E-state index in [1.807, 2.05) is 18.2 Å². The van der Waals surface area contributed by atoms with Crippen LogP contribution in [0.4, 0.5) is 13.2 Å². The Kier molecular flexibility index (Phi) is 8.80. The third-order valence-electron chi connectivity index (χ3n) is 6.22. The third-order valence-corrected chi connectivity index (χ3v) is 6.22. The largest absolute Gasteiger partial charge is 0.345 e. The van der Waals surface area contributed by atoms with Crippen LogP contribution in [0.1, 0.15) is 75.3 Å². The smallest absolute Gasteiger partial charge is 0.317 e. The van der Waals surface area contributed by atoms with Crippen molar-refractivity contribution >= 4 is 0 Å². The lowest BCUT2D eigenvalue weighted by atomic mass is 9.79. The minimum Gasteiger partial charge on any atom is -0.317 e. The molecule has 0 aliphatic heterocycles. The second-order valence-corrected chi connectivity index (χ2v) is 8.41. The summed E-state index contributed by atoms with van der Waals surface area (Å²) in [5, 5.41) is 0. The molecule has 1 nitrogen and oxygen atoms in total. The minimum absolute atomic E-state index is 0.0203. The first kappa shape index (κ1) is 22.9. The Labute approximate surface area is 178 Å². The zero-order chi connectivity index (χ0) is 21.3. The second-order valence-electron chi connectivity index (χ2n) is 8.41. The van der Waals surface area contributed by atoms with Crippen molar-refractivity contribution in [3.8, 4) is 11.1 Å². The summed E-state index contributed by atoms with van der Waals surface area (Å²) in [6, 6.07) is 16.8. The van der Waals surface area contributed by atoms with Crippen molar-refractivity contribution in [3.05, 3.63) is 59.7 Å². The first-order valence-corrected chi connectivity index (χ1v) is 11.3. The number of hydrogen-bond donors (Lipinski definition) is 0. The summed E-state index contributed by atoms with van der Waals surface area (Å²) < 4.78 is 43.9. The highest BCUT2D eigenvalue weighted by atomic mass is 19.3. The molecule has 0 aromatic heterocycles. The van der Waals surface area contributed by atoms with E-state index < -0.39 is 18.9 Å². The molecule has 3 rings (SSSR count). The van der Waals surface area contributed by atoms with E-state index in [2.05, 4.69) is 42.0 Å². The van der Waals surface area contributed by atoms with Crippen molar-refractivity contribution in [1.29, 1.82) is 0 Å². The minimum atomic E-state index is -2.91. The second kappa shape index (κ2) is 11.5. The van der Waals surface area contributed by atoms with Gasteiger partial charge in [-0.2, -0.15) is 8.78 Å². The predicted molar refractivity (Wildman–Crippen MR) is 117 cm³/mol. The Morgan fingerprint density at radius 2 is 1.67 bits per heavy atom. The van der Waals surface area contributed by atoms with Gasteiger partial charge in [0.1, 0.15) is 6.17 Å². The summed E-state index contributed by atoms with van der Waals surface area (Å²) in [4.78, 5) is 0. The molecule has 2 aromatic rings. The summed E-state index contributed by atoms with van der Waals surface area (Å²) in [6.45, 7) is -0.685. The van der Waals surface area contributed by atoms with Gasteiger partial charge in [0.15, 0.2) is 0 Å². The normalized spacial score (nSPS) is 21.8. The van der Waals surface area contributed by atoms with Crippen LogP contribution in [0.25, 0.3) is 11.1 Å². The molecule has 0 heterocycles. The van der Waals surface area contributed by atoms with Gasteiger partial charge in [0.2, 0.25) is 0 Å². The molecule has 1 saturated carbocycles.